The average molecular weight is 460 g/mol. The van der Waals surface area contributed by atoms with Crippen LogP contribution in [-0.4, -0.2) is 48.3 Å². The van der Waals surface area contributed by atoms with Crippen molar-refractivity contribution in [2.24, 2.45) is 5.92 Å². The summed E-state index contributed by atoms with van der Waals surface area (Å²) in [4.78, 5) is 32.8. The van der Waals surface area contributed by atoms with Crippen molar-refractivity contribution in [3.05, 3.63) is 76.7 Å². The fourth-order valence-corrected chi connectivity index (χ4v) is 5.36. The highest BCUT2D eigenvalue weighted by Crippen LogP contribution is 2.36. The fraction of sp³-hybridized carbons (Fsp3) is 0.333. The largest absolute Gasteiger partial charge is 0.329 e. The van der Waals surface area contributed by atoms with E-state index in [9.17, 15) is 9.59 Å². The molecule has 2 fully saturated rings. The molecule has 1 saturated heterocycles. The SMILES string of the molecule is Cc1ccc(-c2cc(NC(=O)C3CC3)ccc2C(=O)N2CCN(C)CC2c2ccccc2)s1. The van der Waals surface area contributed by atoms with Gasteiger partial charge in [-0.15, -0.1) is 11.3 Å². The van der Waals surface area contributed by atoms with E-state index < -0.39 is 0 Å². The fourth-order valence-electron chi connectivity index (χ4n) is 4.46. The number of benzene rings is 2. The van der Waals surface area contributed by atoms with Gasteiger partial charge in [0.1, 0.15) is 0 Å². The average Bonchev–Trinajstić information content (AvgIpc) is 3.60. The van der Waals surface area contributed by atoms with Crippen molar-refractivity contribution in [3.63, 3.8) is 0 Å². The smallest absolute Gasteiger partial charge is 0.255 e. The van der Waals surface area contributed by atoms with Gasteiger partial charge in [-0.1, -0.05) is 30.3 Å². The third-order valence-electron chi connectivity index (χ3n) is 6.50. The standard InChI is InChI=1S/C27H29N3O2S/c1-18-8-13-25(33-18)23-16-21(28-26(31)20-9-10-20)11-12-22(23)27(32)30-15-14-29(2)17-24(30)19-6-4-3-5-7-19/h3-8,11-13,16,20,24H,9-10,14-15,17H2,1-2H3,(H,28,31). The minimum Gasteiger partial charge on any atom is -0.329 e. The zero-order valence-corrected chi connectivity index (χ0v) is 19.9. The van der Waals surface area contributed by atoms with Crippen LogP contribution < -0.4 is 5.32 Å². The number of hydrogen-bond acceptors (Lipinski definition) is 4. The number of aryl methyl sites for hydroxylation is 1. The number of rotatable bonds is 5. The Labute approximate surface area is 199 Å². The molecule has 1 unspecified atom stereocenters. The van der Waals surface area contributed by atoms with Gasteiger partial charge in [0.2, 0.25) is 5.91 Å². The van der Waals surface area contributed by atoms with Crippen LogP contribution in [0.2, 0.25) is 0 Å². The molecule has 1 aliphatic carbocycles. The van der Waals surface area contributed by atoms with E-state index in [4.69, 9.17) is 0 Å². The van der Waals surface area contributed by atoms with Crippen molar-refractivity contribution in [3.8, 4) is 10.4 Å². The van der Waals surface area contributed by atoms with Gasteiger partial charge in [0, 0.05) is 52.1 Å². The van der Waals surface area contributed by atoms with Gasteiger partial charge in [0.25, 0.3) is 5.91 Å². The van der Waals surface area contributed by atoms with E-state index in [1.165, 1.54) is 4.88 Å². The predicted octanol–water partition coefficient (Wildman–Crippen LogP) is 5.20. The molecule has 1 saturated carbocycles. The van der Waals surface area contributed by atoms with Gasteiger partial charge in [0.15, 0.2) is 0 Å². The molecule has 2 amide bonds. The normalized spacial score (nSPS) is 18.8. The lowest BCUT2D eigenvalue weighted by atomic mass is 9.98. The number of anilines is 1. The molecule has 1 aliphatic heterocycles. The summed E-state index contributed by atoms with van der Waals surface area (Å²) in [5.41, 5.74) is 3.48. The topological polar surface area (TPSA) is 52.7 Å². The quantitative estimate of drug-likeness (QED) is 0.571. The zero-order chi connectivity index (χ0) is 22.9. The van der Waals surface area contributed by atoms with Crippen LogP contribution in [-0.2, 0) is 4.79 Å². The summed E-state index contributed by atoms with van der Waals surface area (Å²) in [7, 11) is 2.11. The minimum absolute atomic E-state index is 0.00428. The second kappa shape index (κ2) is 9.12. The number of nitrogens with one attached hydrogen (secondary N) is 1. The lowest BCUT2D eigenvalue weighted by molar-refractivity contribution is -0.117. The number of piperazine rings is 1. The monoisotopic (exact) mass is 459 g/mol. The van der Waals surface area contributed by atoms with Gasteiger partial charge in [-0.2, -0.15) is 0 Å². The summed E-state index contributed by atoms with van der Waals surface area (Å²) in [5.74, 6) is 0.249. The Morgan fingerprint density at radius 2 is 1.79 bits per heavy atom. The lowest BCUT2D eigenvalue weighted by Crippen LogP contribution is -2.49. The maximum absolute atomic E-state index is 14.0. The van der Waals surface area contributed by atoms with E-state index in [-0.39, 0.29) is 23.8 Å². The van der Waals surface area contributed by atoms with E-state index in [0.717, 1.165) is 47.6 Å². The Balaban J connectivity index is 1.51. The van der Waals surface area contributed by atoms with Crippen LogP contribution in [0.3, 0.4) is 0 Å². The van der Waals surface area contributed by atoms with Crippen molar-refractivity contribution < 1.29 is 9.59 Å². The molecule has 2 heterocycles. The lowest BCUT2D eigenvalue weighted by Gasteiger charge is -2.40. The zero-order valence-electron chi connectivity index (χ0n) is 19.1. The van der Waals surface area contributed by atoms with Crippen molar-refractivity contribution >= 4 is 28.8 Å². The van der Waals surface area contributed by atoms with Gasteiger partial charge in [-0.25, -0.2) is 0 Å². The third-order valence-corrected chi connectivity index (χ3v) is 7.53. The maximum Gasteiger partial charge on any atom is 0.255 e. The highest BCUT2D eigenvalue weighted by atomic mass is 32.1. The van der Waals surface area contributed by atoms with Crippen molar-refractivity contribution in [2.45, 2.75) is 25.8 Å². The molecule has 33 heavy (non-hydrogen) atoms. The number of likely N-dealkylation sites (N-methyl/N-ethyl adjacent to an activating group) is 1. The Kier molecular flexibility index (Phi) is 6.04. The molecule has 5 rings (SSSR count). The summed E-state index contributed by atoms with van der Waals surface area (Å²) >= 11 is 1.67. The minimum atomic E-state index is 0.00428. The highest BCUT2D eigenvalue weighted by Gasteiger charge is 2.33. The first-order valence-corrected chi connectivity index (χ1v) is 12.4. The maximum atomic E-state index is 14.0. The van der Waals surface area contributed by atoms with E-state index >= 15 is 0 Å². The Morgan fingerprint density at radius 1 is 1.00 bits per heavy atom. The van der Waals surface area contributed by atoms with E-state index in [1.807, 2.05) is 41.3 Å². The van der Waals surface area contributed by atoms with E-state index in [1.54, 1.807) is 11.3 Å². The van der Waals surface area contributed by atoms with Crippen LogP contribution in [0.15, 0.2) is 60.7 Å². The molecule has 5 nitrogen and oxygen atoms in total. The number of carbonyl (C=O) groups excluding carboxylic acids is 2. The summed E-state index contributed by atoms with van der Waals surface area (Å²) in [6.45, 7) is 4.40. The van der Waals surface area contributed by atoms with Crippen LogP contribution in [0, 0.1) is 12.8 Å². The number of thiophene rings is 1. The van der Waals surface area contributed by atoms with Crippen LogP contribution >= 0.6 is 11.3 Å². The van der Waals surface area contributed by atoms with Crippen molar-refractivity contribution in [1.82, 2.24) is 9.80 Å². The third kappa shape index (κ3) is 4.72. The van der Waals surface area contributed by atoms with Gasteiger partial charge < -0.3 is 15.1 Å². The molecule has 1 atom stereocenters. The van der Waals surface area contributed by atoms with Crippen molar-refractivity contribution in [1.29, 1.82) is 0 Å². The highest BCUT2D eigenvalue weighted by molar-refractivity contribution is 7.15. The number of carbonyl (C=O) groups is 2. The summed E-state index contributed by atoms with van der Waals surface area (Å²) in [6, 6.07) is 20.1. The molecule has 1 N–H and O–H groups in total. The van der Waals surface area contributed by atoms with Crippen LogP contribution in [0.1, 0.15) is 39.7 Å². The Morgan fingerprint density at radius 3 is 2.48 bits per heavy atom. The molecule has 0 spiro atoms. The molecule has 170 valence electrons. The molecular formula is C27H29N3O2S. The van der Waals surface area contributed by atoms with Crippen LogP contribution in [0.25, 0.3) is 10.4 Å². The Bertz CT molecular complexity index is 1170. The molecule has 3 aromatic rings. The number of hydrogen-bond donors (Lipinski definition) is 1. The molecule has 1 aromatic heterocycles. The van der Waals surface area contributed by atoms with Crippen LogP contribution in [0.4, 0.5) is 5.69 Å². The molecule has 2 aromatic carbocycles. The molecular weight excluding hydrogens is 430 g/mol. The second-order valence-corrected chi connectivity index (χ2v) is 10.4. The van der Waals surface area contributed by atoms with Gasteiger partial charge in [-0.3, -0.25) is 9.59 Å². The molecule has 6 heteroatoms. The van der Waals surface area contributed by atoms with E-state index in [2.05, 4.69) is 48.5 Å². The molecule has 2 aliphatic rings. The summed E-state index contributed by atoms with van der Waals surface area (Å²) < 4.78 is 0. The first-order valence-electron chi connectivity index (χ1n) is 11.6. The number of nitrogens with zero attached hydrogens (tertiary/aromatic N) is 2. The van der Waals surface area contributed by atoms with E-state index in [0.29, 0.717) is 12.1 Å². The van der Waals surface area contributed by atoms with Crippen LogP contribution in [0.5, 0.6) is 0 Å². The summed E-state index contributed by atoms with van der Waals surface area (Å²) in [6.07, 6.45) is 1.92. The molecule has 0 radical (unpaired) electrons. The molecule has 0 bridgehead atoms. The predicted molar refractivity (Wildman–Crippen MR) is 134 cm³/mol. The Hall–Kier alpha value is -2.96. The van der Waals surface area contributed by atoms with Gasteiger partial charge >= 0.3 is 0 Å². The van der Waals surface area contributed by atoms with Crippen molar-refractivity contribution in [2.75, 3.05) is 32.0 Å². The second-order valence-electron chi connectivity index (χ2n) is 9.12. The first-order chi connectivity index (χ1) is 16.0. The van der Waals surface area contributed by atoms with Gasteiger partial charge in [-0.05, 0) is 62.7 Å². The number of amides is 2. The summed E-state index contributed by atoms with van der Waals surface area (Å²) in [5, 5.41) is 3.04. The first kappa shape index (κ1) is 21.9. The van der Waals surface area contributed by atoms with Gasteiger partial charge in [0.05, 0.1) is 6.04 Å².